The van der Waals surface area contributed by atoms with Crippen LogP contribution in [0.5, 0.6) is 0 Å². The van der Waals surface area contributed by atoms with E-state index in [2.05, 4.69) is 6.92 Å². The van der Waals surface area contributed by atoms with Gasteiger partial charge >= 0.3 is 0 Å². The second-order valence-corrected chi connectivity index (χ2v) is 10.2. The minimum Gasteiger partial charge on any atom is -0.481 e. The normalized spacial score (nSPS) is 14.1. The largest absolute Gasteiger partial charge is 0.481 e. The summed E-state index contributed by atoms with van der Waals surface area (Å²) in [5.41, 5.74) is 8.25. The summed E-state index contributed by atoms with van der Waals surface area (Å²) in [4.78, 5) is 23.6. The maximum atomic E-state index is 12.9. The van der Waals surface area contributed by atoms with E-state index in [9.17, 15) is 13.2 Å². The fraction of sp³-hybridized carbons (Fsp3) is 0.400. The van der Waals surface area contributed by atoms with Crippen molar-refractivity contribution in [3.8, 4) is 0 Å². The number of hydrogen-bond acceptors (Lipinski definition) is 5. The zero-order valence-electron chi connectivity index (χ0n) is 20.2. The molecule has 0 atom stereocenters. The highest BCUT2D eigenvalue weighted by Gasteiger charge is 2.29. The zero-order valence-corrected chi connectivity index (χ0v) is 21.1. The summed E-state index contributed by atoms with van der Waals surface area (Å²) >= 11 is 0. The van der Waals surface area contributed by atoms with Crippen molar-refractivity contribution in [1.29, 1.82) is 5.41 Å². The van der Waals surface area contributed by atoms with E-state index in [4.69, 9.17) is 21.0 Å². The van der Waals surface area contributed by atoms with Crippen molar-refractivity contribution < 1.29 is 23.1 Å². The van der Waals surface area contributed by atoms with Crippen molar-refractivity contribution in [3.63, 3.8) is 0 Å². The summed E-state index contributed by atoms with van der Waals surface area (Å²) in [5, 5.41) is 14.8. The minimum absolute atomic E-state index is 0.0207. The number of nitrogens with one attached hydrogen (secondary N) is 1. The van der Waals surface area contributed by atoms with Crippen LogP contribution < -0.4 is 5.73 Å². The summed E-state index contributed by atoms with van der Waals surface area (Å²) in [7, 11) is -3.54. The number of rotatable bonds is 8. The highest BCUT2D eigenvalue weighted by atomic mass is 32.2. The van der Waals surface area contributed by atoms with Gasteiger partial charge in [0.1, 0.15) is 5.84 Å². The van der Waals surface area contributed by atoms with Crippen molar-refractivity contribution in [3.05, 3.63) is 65.2 Å². The van der Waals surface area contributed by atoms with E-state index in [1.54, 1.807) is 29.2 Å². The number of nitrogen functional groups attached to an aromatic ring is 1. The molecule has 4 N–H and O–H groups in total. The van der Waals surface area contributed by atoms with Gasteiger partial charge in [0.25, 0.3) is 5.97 Å². The van der Waals surface area contributed by atoms with E-state index in [0.717, 1.165) is 30.9 Å². The number of sulfonamides is 1. The van der Waals surface area contributed by atoms with Crippen LogP contribution in [0.2, 0.25) is 0 Å². The van der Waals surface area contributed by atoms with Crippen molar-refractivity contribution in [2.24, 2.45) is 5.73 Å². The van der Waals surface area contributed by atoms with Gasteiger partial charge in [0.15, 0.2) is 0 Å². The molecular formula is C25H34N4O5S. The fourth-order valence-electron chi connectivity index (χ4n) is 3.70. The van der Waals surface area contributed by atoms with Gasteiger partial charge in [-0.2, -0.15) is 4.31 Å². The first-order chi connectivity index (χ1) is 16.5. The molecule has 1 aliphatic heterocycles. The maximum absolute atomic E-state index is 12.9. The van der Waals surface area contributed by atoms with Crippen LogP contribution in [0.15, 0.2) is 53.4 Å². The predicted molar refractivity (Wildman–Crippen MR) is 135 cm³/mol. The summed E-state index contributed by atoms with van der Waals surface area (Å²) in [6.45, 7) is 4.58. The van der Waals surface area contributed by atoms with Crippen molar-refractivity contribution >= 4 is 27.7 Å². The molecule has 2 aromatic carbocycles. The molecule has 10 heteroatoms. The molecule has 0 saturated carbocycles. The zero-order chi connectivity index (χ0) is 26.0. The van der Waals surface area contributed by atoms with E-state index in [1.807, 2.05) is 24.3 Å². The summed E-state index contributed by atoms with van der Waals surface area (Å²) in [6.07, 6.45) is 2.92. The lowest BCUT2D eigenvalue weighted by atomic mass is 10.1. The van der Waals surface area contributed by atoms with E-state index in [1.165, 1.54) is 4.31 Å². The Morgan fingerprint density at radius 2 is 1.43 bits per heavy atom. The number of aryl methyl sites for hydroxylation is 2. The van der Waals surface area contributed by atoms with Gasteiger partial charge in [0, 0.05) is 45.1 Å². The first-order valence-electron chi connectivity index (χ1n) is 11.5. The van der Waals surface area contributed by atoms with Gasteiger partial charge < -0.3 is 15.7 Å². The second kappa shape index (κ2) is 13.0. The van der Waals surface area contributed by atoms with Crippen LogP contribution in [0.25, 0.3) is 0 Å². The Hall–Kier alpha value is -3.24. The maximum Gasteiger partial charge on any atom is 0.300 e. The van der Waals surface area contributed by atoms with Gasteiger partial charge in [-0.05, 0) is 36.1 Å². The number of carboxylic acid groups (broad SMARTS) is 1. The molecule has 0 spiro atoms. The predicted octanol–water partition coefficient (Wildman–Crippen LogP) is 2.48. The Morgan fingerprint density at radius 3 is 1.91 bits per heavy atom. The number of nitrogens with zero attached hydrogens (tertiary/aromatic N) is 2. The van der Waals surface area contributed by atoms with E-state index in [0.29, 0.717) is 49.5 Å². The molecule has 1 amide bonds. The van der Waals surface area contributed by atoms with Crippen molar-refractivity contribution in [1.82, 2.24) is 9.21 Å². The lowest BCUT2D eigenvalue weighted by Gasteiger charge is -2.34. The first kappa shape index (κ1) is 28.0. The van der Waals surface area contributed by atoms with Crippen LogP contribution >= 0.6 is 0 Å². The smallest absolute Gasteiger partial charge is 0.300 e. The number of carbonyl (C=O) groups is 2. The third-order valence-electron chi connectivity index (χ3n) is 5.58. The molecule has 2 aromatic rings. The lowest BCUT2D eigenvalue weighted by molar-refractivity contribution is -0.134. The number of nitrogens with two attached hydrogens (primary N) is 1. The molecule has 1 fully saturated rings. The topological polar surface area (TPSA) is 145 Å². The van der Waals surface area contributed by atoms with Crippen LogP contribution in [0.4, 0.5) is 0 Å². The molecule has 9 nitrogen and oxygen atoms in total. The Bertz CT molecular complexity index is 1100. The molecule has 3 rings (SSSR count). The van der Waals surface area contributed by atoms with Crippen molar-refractivity contribution in [2.45, 2.75) is 44.4 Å². The van der Waals surface area contributed by atoms with Crippen LogP contribution in [-0.4, -0.2) is 66.6 Å². The summed E-state index contributed by atoms with van der Waals surface area (Å²) in [5.74, 6) is -0.788. The number of aliphatic carboxylic acids is 1. The van der Waals surface area contributed by atoms with E-state index in [-0.39, 0.29) is 11.7 Å². The summed E-state index contributed by atoms with van der Waals surface area (Å²) < 4.78 is 27.3. The SMILES string of the molecule is CC(=O)O.CCCc1ccc(S(=O)(=O)N2CCN(C(=O)CCc3ccc(C(=N)N)cc3)CC2)cc1. The first-order valence-corrected chi connectivity index (χ1v) is 13.0. The average molecular weight is 503 g/mol. The third-order valence-corrected chi connectivity index (χ3v) is 7.50. The molecule has 190 valence electrons. The standard InChI is InChI=1S/C23H30N4O3S.C2H4O2/c1-2-3-18-6-11-21(12-7-18)31(29,30)27-16-14-26(15-17-27)22(28)13-8-19-4-9-20(10-5-19)23(24)25;1-2(3)4/h4-7,9-12H,2-3,8,13-17H2,1H3,(H3,24,25);1H3,(H,3,4). The van der Waals surface area contributed by atoms with E-state index >= 15 is 0 Å². The number of amides is 1. The number of carbonyl (C=O) groups excluding carboxylic acids is 1. The monoisotopic (exact) mass is 502 g/mol. The van der Waals surface area contributed by atoms with Crippen LogP contribution in [0.3, 0.4) is 0 Å². The Morgan fingerprint density at radius 1 is 0.943 bits per heavy atom. The molecule has 1 aliphatic rings. The quantitative estimate of drug-likeness (QED) is 0.374. The number of piperazine rings is 1. The molecule has 1 heterocycles. The van der Waals surface area contributed by atoms with Gasteiger partial charge in [-0.1, -0.05) is 49.7 Å². The molecule has 0 radical (unpaired) electrons. The van der Waals surface area contributed by atoms with Gasteiger partial charge in [-0.25, -0.2) is 8.42 Å². The molecule has 0 aromatic heterocycles. The molecular weight excluding hydrogens is 468 g/mol. The number of amidine groups is 1. The molecule has 0 bridgehead atoms. The van der Waals surface area contributed by atoms with Gasteiger partial charge in [-0.15, -0.1) is 0 Å². The molecule has 0 aliphatic carbocycles. The molecule has 1 saturated heterocycles. The average Bonchev–Trinajstić information content (AvgIpc) is 2.83. The van der Waals surface area contributed by atoms with Crippen LogP contribution in [0, 0.1) is 5.41 Å². The molecule has 35 heavy (non-hydrogen) atoms. The minimum atomic E-state index is -3.54. The lowest BCUT2D eigenvalue weighted by Crippen LogP contribution is -2.50. The fourth-order valence-corrected chi connectivity index (χ4v) is 5.13. The summed E-state index contributed by atoms with van der Waals surface area (Å²) in [6, 6.07) is 14.4. The van der Waals surface area contributed by atoms with Gasteiger partial charge in [0.05, 0.1) is 4.90 Å². The number of carboxylic acids is 1. The second-order valence-electron chi connectivity index (χ2n) is 8.31. The molecule has 0 unspecified atom stereocenters. The van der Waals surface area contributed by atoms with Crippen LogP contribution in [-0.2, 0) is 32.5 Å². The van der Waals surface area contributed by atoms with E-state index < -0.39 is 16.0 Å². The van der Waals surface area contributed by atoms with Crippen molar-refractivity contribution in [2.75, 3.05) is 26.2 Å². The van der Waals surface area contributed by atoms with Gasteiger partial charge in [0.2, 0.25) is 15.9 Å². The number of hydrogen-bond donors (Lipinski definition) is 3. The Balaban J connectivity index is 0.00000100. The number of benzene rings is 2. The Labute approximate surface area is 207 Å². The highest BCUT2D eigenvalue weighted by molar-refractivity contribution is 7.89. The third kappa shape index (κ3) is 8.48. The highest BCUT2D eigenvalue weighted by Crippen LogP contribution is 2.19. The van der Waals surface area contributed by atoms with Gasteiger partial charge in [-0.3, -0.25) is 15.0 Å². The van der Waals surface area contributed by atoms with Crippen LogP contribution in [0.1, 0.15) is 43.4 Å². The Kier molecular flexibility index (Phi) is 10.4.